The van der Waals surface area contributed by atoms with E-state index >= 15 is 0 Å². The number of hydrogen-bond acceptors (Lipinski definition) is 6. The van der Waals surface area contributed by atoms with Gasteiger partial charge in [0.2, 0.25) is 0 Å². The van der Waals surface area contributed by atoms with Crippen LogP contribution in [0.3, 0.4) is 0 Å². The van der Waals surface area contributed by atoms with Crippen LogP contribution in [0.25, 0.3) is 0 Å². The van der Waals surface area contributed by atoms with E-state index in [2.05, 4.69) is 9.88 Å². The van der Waals surface area contributed by atoms with Gasteiger partial charge in [-0.25, -0.2) is 4.98 Å². The zero-order chi connectivity index (χ0) is 14.9. The second-order valence-corrected chi connectivity index (χ2v) is 8.30. The minimum Gasteiger partial charge on any atom is -0.379 e. The molecule has 0 radical (unpaired) electrons. The number of anilines is 1. The Hall–Kier alpha value is -0.740. The molecule has 0 atom stereocenters. The fraction of sp³-hybridized carbons (Fsp3) is 0.750. The van der Waals surface area contributed by atoms with Gasteiger partial charge in [0.15, 0.2) is 5.13 Å². The number of aryl methyl sites for hydroxylation is 1. The summed E-state index contributed by atoms with van der Waals surface area (Å²) in [7, 11) is -3.34. The number of rotatable bonds is 3. The molecule has 0 unspecified atom stereocenters. The van der Waals surface area contributed by atoms with Gasteiger partial charge in [-0.2, -0.15) is 17.0 Å². The maximum atomic E-state index is 12.6. The highest BCUT2D eigenvalue weighted by molar-refractivity contribution is 7.86. The van der Waals surface area contributed by atoms with Crippen LogP contribution in [0.15, 0.2) is 6.20 Å². The smallest absolute Gasteiger partial charge is 0.282 e. The fourth-order valence-corrected chi connectivity index (χ4v) is 4.91. The quantitative estimate of drug-likeness (QED) is 0.788. The van der Waals surface area contributed by atoms with Crippen molar-refractivity contribution in [1.29, 1.82) is 0 Å². The van der Waals surface area contributed by atoms with Crippen molar-refractivity contribution in [3.05, 3.63) is 11.1 Å². The predicted molar refractivity (Wildman–Crippen MR) is 81.9 cm³/mol. The van der Waals surface area contributed by atoms with E-state index in [1.54, 1.807) is 15.6 Å². The highest BCUT2D eigenvalue weighted by atomic mass is 32.2. The van der Waals surface area contributed by atoms with Gasteiger partial charge in [0, 0.05) is 50.3 Å². The van der Waals surface area contributed by atoms with E-state index < -0.39 is 10.2 Å². The van der Waals surface area contributed by atoms with Gasteiger partial charge >= 0.3 is 0 Å². The third kappa shape index (κ3) is 3.21. The Kier molecular flexibility index (Phi) is 4.46. The Morgan fingerprint density at radius 3 is 2.29 bits per heavy atom. The zero-order valence-corrected chi connectivity index (χ0v) is 13.7. The summed E-state index contributed by atoms with van der Waals surface area (Å²) in [6, 6.07) is 0. The topological polar surface area (TPSA) is 66.0 Å². The van der Waals surface area contributed by atoms with Crippen molar-refractivity contribution in [2.75, 3.05) is 57.4 Å². The van der Waals surface area contributed by atoms with Crippen molar-refractivity contribution in [3.63, 3.8) is 0 Å². The molecule has 0 amide bonds. The standard InChI is InChI=1S/C12H20N4O3S2/c1-11-10-13-12(20-11)14-2-4-15(5-3-14)21(17,18)16-6-8-19-9-7-16/h10H,2-9H2,1H3. The van der Waals surface area contributed by atoms with Gasteiger partial charge in [-0.05, 0) is 6.92 Å². The molecule has 0 bridgehead atoms. The lowest BCUT2D eigenvalue weighted by atomic mass is 10.4. The Morgan fingerprint density at radius 2 is 1.71 bits per heavy atom. The summed E-state index contributed by atoms with van der Waals surface area (Å²) in [5, 5.41) is 0.982. The number of piperazine rings is 1. The molecule has 2 aliphatic heterocycles. The first-order chi connectivity index (χ1) is 10.1. The van der Waals surface area contributed by atoms with Gasteiger partial charge in [0.05, 0.1) is 13.2 Å². The lowest BCUT2D eigenvalue weighted by Gasteiger charge is -2.37. The van der Waals surface area contributed by atoms with Crippen LogP contribution in [0.5, 0.6) is 0 Å². The Morgan fingerprint density at radius 1 is 1.10 bits per heavy atom. The first kappa shape index (κ1) is 15.2. The molecule has 0 spiro atoms. The third-order valence-corrected chi connectivity index (χ3v) is 6.75. The van der Waals surface area contributed by atoms with Crippen molar-refractivity contribution >= 4 is 26.7 Å². The predicted octanol–water partition coefficient (Wildman–Crippen LogP) is 0.151. The second kappa shape index (κ2) is 6.17. The molecular weight excluding hydrogens is 312 g/mol. The molecule has 2 fully saturated rings. The molecule has 118 valence electrons. The van der Waals surface area contributed by atoms with Gasteiger partial charge in [-0.1, -0.05) is 0 Å². The number of thiazole rings is 1. The molecule has 0 saturated carbocycles. The van der Waals surface area contributed by atoms with E-state index in [-0.39, 0.29) is 0 Å². The average Bonchev–Trinajstić information content (AvgIpc) is 2.95. The molecule has 0 aliphatic carbocycles. The van der Waals surface area contributed by atoms with Crippen molar-refractivity contribution in [1.82, 2.24) is 13.6 Å². The van der Waals surface area contributed by atoms with E-state index in [0.717, 1.165) is 5.13 Å². The summed E-state index contributed by atoms with van der Waals surface area (Å²) in [4.78, 5) is 7.70. The monoisotopic (exact) mass is 332 g/mol. The van der Waals surface area contributed by atoms with Crippen LogP contribution in [-0.2, 0) is 14.9 Å². The first-order valence-electron chi connectivity index (χ1n) is 7.08. The highest BCUT2D eigenvalue weighted by Gasteiger charge is 2.33. The summed E-state index contributed by atoms with van der Waals surface area (Å²) < 4.78 is 33.4. The van der Waals surface area contributed by atoms with Crippen LogP contribution < -0.4 is 4.90 Å². The summed E-state index contributed by atoms with van der Waals surface area (Å²) >= 11 is 1.65. The van der Waals surface area contributed by atoms with Crippen molar-refractivity contribution in [2.45, 2.75) is 6.92 Å². The molecule has 0 N–H and O–H groups in total. The van der Waals surface area contributed by atoms with Crippen LogP contribution in [0.2, 0.25) is 0 Å². The molecule has 3 heterocycles. The number of hydrogen-bond donors (Lipinski definition) is 0. The summed E-state index contributed by atoms with van der Waals surface area (Å²) in [6.07, 6.45) is 1.86. The van der Waals surface area contributed by atoms with Gasteiger partial charge in [0.25, 0.3) is 10.2 Å². The molecule has 9 heteroatoms. The minimum atomic E-state index is -3.34. The van der Waals surface area contributed by atoms with E-state index in [1.807, 2.05) is 13.1 Å². The molecular formula is C12H20N4O3S2. The molecule has 2 aliphatic rings. The SMILES string of the molecule is Cc1cnc(N2CCN(S(=O)(=O)N3CCOCC3)CC2)s1. The van der Waals surface area contributed by atoms with Gasteiger partial charge in [-0.3, -0.25) is 0 Å². The van der Waals surface area contributed by atoms with Crippen LogP contribution in [0.1, 0.15) is 4.88 Å². The maximum absolute atomic E-state index is 12.6. The van der Waals surface area contributed by atoms with Crippen molar-refractivity contribution < 1.29 is 13.2 Å². The van der Waals surface area contributed by atoms with E-state index in [0.29, 0.717) is 52.5 Å². The van der Waals surface area contributed by atoms with Gasteiger partial charge in [0.1, 0.15) is 0 Å². The number of aromatic nitrogens is 1. The molecule has 1 aromatic rings. The summed E-state index contributed by atoms with van der Waals surface area (Å²) in [6.45, 7) is 6.31. The molecule has 2 saturated heterocycles. The van der Waals surface area contributed by atoms with Gasteiger partial charge < -0.3 is 9.64 Å². The minimum absolute atomic E-state index is 0.453. The van der Waals surface area contributed by atoms with Crippen LogP contribution >= 0.6 is 11.3 Å². The Balaban J connectivity index is 1.62. The molecule has 7 nitrogen and oxygen atoms in total. The molecule has 0 aromatic carbocycles. The highest BCUT2D eigenvalue weighted by Crippen LogP contribution is 2.24. The van der Waals surface area contributed by atoms with Crippen LogP contribution in [0, 0.1) is 6.92 Å². The number of nitrogens with zero attached hydrogens (tertiary/aromatic N) is 4. The van der Waals surface area contributed by atoms with Crippen molar-refractivity contribution in [3.8, 4) is 0 Å². The maximum Gasteiger partial charge on any atom is 0.282 e. The first-order valence-corrected chi connectivity index (χ1v) is 9.29. The molecule has 21 heavy (non-hydrogen) atoms. The van der Waals surface area contributed by atoms with Crippen LogP contribution in [-0.4, -0.2) is 74.5 Å². The lowest BCUT2D eigenvalue weighted by molar-refractivity contribution is 0.0700. The summed E-state index contributed by atoms with van der Waals surface area (Å²) in [5.74, 6) is 0. The second-order valence-electron chi connectivity index (χ2n) is 5.16. The Labute approximate surface area is 129 Å². The van der Waals surface area contributed by atoms with E-state index in [1.165, 1.54) is 9.18 Å². The molecule has 3 rings (SSSR count). The largest absolute Gasteiger partial charge is 0.379 e. The summed E-state index contributed by atoms with van der Waals surface area (Å²) in [5.41, 5.74) is 0. The van der Waals surface area contributed by atoms with E-state index in [4.69, 9.17) is 4.74 Å². The van der Waals surface area contributed by atoms with E-state index in [9.17, 15) is 8.42 Å². The third-order valence-electron chi connectivity index (χ3n) is 3.74. The lowest BCUT2D eigenvalue weighted by Crippen LogP contribution is -2.55. The fourth-order valence-electron chi connectivity index (χ4n) is 2.54. The van der Waals surface area contributed by atoms with Crippen molar-refractivity contribution in [2.24, 2.45) is 0 Å². The molecule has 1 aromatic heterocycles. The van der Waals surface area contributed by atoms with Gasteiger partial charge in [-0.15, -0.1) is 11.3 Å². The zero-order valence-electron chi connectivity index (χ0n) is 12.1. The average molecular weight is 332 g/mol. The number of morpholine rings is 1. The normalized spacial score (nSPS) is 22.6. The van der Waals surface area contributed by atoms with Crippen LogP contribution in [0.4, 0.5) is 5.13 Å². The number of ether oxygens (including phenoxy) is 1. The Bertz CT molecular complexity index is 575.